The molecule has 0 atom stereocenters. The van der Waals surface area contributed by atoms with Crippen LogP contribution in [0.3, 0.4) is 0 Å². The summed E-state index contributed by atoms with van der Waals surface area (Å²) in [6.45, 7) is 2.09. The topological polar surface area (TPSA) is 46.9 Å². The molecule has 4 nitrogen and oxygen atoms in total. The van der Waals surface area contributed by atoms with Gasteiger partial charge in [0.25, 0.3) is 5.91 Å². The maximum atomic E-state index is 12.7. The third-order valence-corrected chi connectivity index (χ3v) is 5.65. The van der Waals surface area contributed by atoms with Crippen molar-refractivity contribution in [2.45, 2.75) is 18.4 Å². The summed E-state index contributed by atoms with van der Waals surface area (Å²) in [6, 6.07) is 12.8. The van der Waals surface area contributed by atoms with Crippen LogP contribution in [0.15, 0.2) is 47.4 Å². The zero-order valence-corrected chi connectivity index (χ0v) is 17.7. The van der Waals surface area contributed by atoms with E-state index in [1.165, 1.54) is 0 Å². The number of rotatable bonds is 5. The van der Waals surface area contributed by atoms with Gasteiger partial charge in [-0.3, -0.25) is 4.79 Å². The Morgan fingerprint density at radius 2 is 1.96 bits per heavy atom. The number of amides is 1. The van der Waals surface area contributed by atoms with Crippen LogP contribution in [0.2, 0.25) is 15.2 Å². The number of aryl methyl sites for hydroxylation is 1. The Labute approximate surface area is 176 Å². The van der Waals surface area contributed by atoms with Gasteiger partial charge in [0.05, 0.1) is 17.8 Å². The standard InChI is InChI=1S/C19H16Cl3N3OS/c1-11-17(19(26)23-14-4-3-5-15(9-14)27-2)18(22)25(24-11)10-12-6-7-13(20)8-16(12)21/h3-9H,10H2,1-2H3,(H,23,26). The average molecular weight is 441 g/mol. The molecular weight excluding hydrogens is 425 g/mol. The number of halogens is 3. The van der Waals surface area contributed by atoms with Crippen LogP contribution in [0, 0.1) is 6.92 Å². The van der Waals surface area contributed by atoms with Gasteiger partial charge in [0, 0.05) is 20.6 Å². The number of anilines is 1. The van der Waals surface area contributed by atoms with Gasteiger partial charge in [-0.05, 0) is 49.1 Å². The minimum atomic E-state index is -0.302. The highest BCUT2D eigenvalue weighted by atomic mass is 35.5. The van der Waals surface area contributed by atoms with E-state index in [2.05, 4.69) is 10.4 Å². The number of carbonyl (C=O) groups excluding carboxylic acids is 1. The molecule has 3 rings (SSSR count). The summed E-state index contributed by atoms with van der Waals surface area (Å²) in [4.78, 5) is 13.8. The molecule has 0 aliphatic rings. The Balaban J connectivity index is 1.85. The summed E-state index contributed by atoms with van der Waals surface area (Å²) in [5.74, 6) is -0.302. The highest BCUT2D eigenvalue weighted by Gasteiger charge is 2.21. The van der Waals surface area contributed by atoms with Crippen molar-refractivity contribution in [3.63, 3.8) is 0 Å². The summed E-state index contributed by atoms with van der Waals surface area (Å²) in [7, 11) is 0. The number of carbonyl (C=O) groups is 1. The Bertz CT molecular complexity index is 1000. The van der Waals surface area contributed by atoms with Crippen LogP contribution in [0.4, 0.5) is 5.69 Å². The molecule has 1 amide bonds. The lowest BCUT2D eigenvalue weighted by Gasteiger charge is -2.08. The number of nitrogens with one attached hydrogen (secondary N) is 1. The molecule has 140 valence electrons. The molecular formula is C19H16Cl3N3OS. The van der Waals surface area contributed by atoms with E-state index in [0.29, 0.717) is 33.5 Å². The second kappa shape index (κ2) is 8.57. The quantitative estimate of drug-likeness (QED) is 0.482. The van der Waals surface area contributed by atoms with E-state index in [9.17, 15) is 4.79 Å². The predicted molar refractivity (Wildman–Crippen MR) is 114 cm³/mol. The van der Waals surface area contributed by atoms with Crippen LogP contribution in [0.1, 0.15) is 21.6 Å². The lowest BCUT2D eigenvalue weighted by Crippen LogP contribution is -2.13. The van der Waals surface area contributed by atoms with Crippen molar-refractivity contribution >= 4 is 58.2 Å². The smallest absolute Gasteiger partial charge is 0.260 e. The largest absolute Gasteiger partial charge is 0.322 e. The first-order valence-electron chi connectivity index (χ1n) is 8.01. The molecule has 0 fully saturated rings. The van der Waals surface area contributed by atoms with E-state index in [1.807, 2.05) is 36.6 Å². The van der Waals surface area contributed by atoms with E-state index in [4.69, 9.17) is 34.8 Å². The van der Waals surface area contributed by atoms with Crippen molar-refractivity contribution in [3.8, 4) is 0 Å². The molecule has 1 aromatic heterocycles. The summed E-state index contributed by atoms with van der Waals surface area (Å²) in [5, 5.41) is 8.61. The monoisotopic (exact) mass is 439 g/mol. The fourth-order valence-electron chi connectivity index (χ4n) is 2.62. The molecule has 0 spiro atoms. The maximum Gasteiger partial charge on any atom is 0.260 e. The SMILES string of the molecule is CSc1cccc(NC(=O)c2c(C)nn(Cc3ccc(Cl)cc3Cl)c2Cl)c1. The highest BCUT2D eigenvalue weighted by Crippen LogP contribution is 2.26. The van der Waals surface area contributed by atoms with Gasteiger partial charge >= 0.3 is 0 Å². The lowest BCUT2D eigenvalue weighted by molar-refractivity contribution is 0.102. The van der Waals surface area contributed by atoms with Crippen LogP contribution in [-0.4, -0.2) is 21.9 Å². The summed E-state index contributed by atoms with van der Waals surface area (Å²) in [6.07, 6.45) is 1.98. The number of hydrogen-bond acceptors (Lipinski definition) is 3. The Kier molecular flexibility index (Phi) is 6.37. The zero-order valence-electron chi connectivity index (χ0n) is 14.6. The molecule has 0 aliphatic heterocycles. The molecule has 0 unspecified atom stereocenters. The molecule has 8 heteroatoms. The first kappa shape index (κ1) is 20.1. The van der Waals surface area contributed by atoms with Gasteiger partial charge in [0.15, 0.2) is 0 Å². The third kappa shape index (κ3) is 4.61. The first-order chi connectivity index (χ1) is 12.9. The van der Waals surface area contributed by atoms with Gasteiger partial charge in [0.1, 0.15) is 5.15 Å². The minimum Gasteiger partial charge on any atom is -0.322 e. The number of aromatic nitrogens is 2. The lowest BCUT2D eigenvalue weighted by atomic mass is 10.2. The molecule has 1 N–H and O–H groups in total. The molecule has 0 aliphatic carbocycles. The maximum absolute atomic E-state index is 12.7. The Morgan fingerprint density at radius 3 is 2.67 bits per heavy atom. The van der Waals surface area contributed by atoms with E-state index >= 15 is 0 Å². The van der Waals surface area contributed by atoms with Gasteiger partial charge in [-0.1, -0.05) is 46.9 Å². The molecule has 3 aromatic rings. The molecule has 1 heterocycles. The van der Waals surface area contributed by atoms with Crippen LogP contribution in [0.25, 0.3) is 0 Å². The van der Waals surface area contributed by atoms with Crippen molar-refractivity contribution in [2.75, 3.05) is 11.6 Å². The van der Waals surface area contributed by atoms with Crippen LogP contribution < -0.4 is 5.32 Å². The second-order valence-corrected chi connectivity index (χ2v) is 7.91. The van der Waals surface area contributed by atoms with Crippen molar-refractivity contribution in [2.24, 2.45) is 0 Å². The number of nitrogens with zero attached hydrogens (tertiary/aromatic N) is 2. The van der Waals surface area contributed by atoms with Gasteiger partial charge in [-0.2, -0.15) is 5.10 Å². The van der Waals surface area contributed by atoms with Crippen molar-refractivity contribution in [1.82, 2.24) is 9.78 Å². The van der Waals surface area contributed by atoms with Gasteiger partial charge in [-0.25, -0.2) is 4.68 Å². The van der Waals surface area contributed by atoms with Crippen LogP contribution >= 0.6 is 46.6 Å². The Morgan fingerprint density at radius 1 is 1.19 bits per heavy atom. The molecule has 0 radical (unpaired) electrons. The number of benzene rings is 2. The van der Waals surface area contributed by atoms with Crippen LogP contribution in [-0.2, 0) is 6.54 Å². The molecule has 27 heavy (non-hydrogen) atoms. The van der Waals surface area contributed by atoms with Crippen molar-refractivity contribution in [1.29, 1.82) is 0 Å². The summed E-state index contributed by atoms with van der Waals surface area (Å²) >= 11 is 20.2. The Hall–Kier alpha value is -1.66. The van der Waals surface area contributed by atoms with Gasteiger partial charge in [0.2, 0.25) is 0 Å². The van der Waals surface area contributed by atoms with E-state index in [1.54, 1.807) is 35.5 Å². The second-order valence-electron chi connectivity index (χ2n) is 5.83. The van der Waals surface area contributed by atoms with E-state index in [-0.39, 0.29) is 11.1 Å². The third-order valence-electron chi connectivity index (χ3n) is 3.96. The summed E-state index contributed by atoms with van der Waals surface area (Å²) < 4.78 is 1.55. The van der Waals surface area contributed by atoms with Gasteiger partial charge in [-0.15, -0.1) is 11.8 Å². The minimum absolute atomic E-state index is 0.261. The average Bonchev–Trinajstić information content (AvgIpc) is 2.91. The number of hydrogen-bond donors (Lipinski definition) is 1. The fraction of sp³-hybridized carbons (Fsp3) is 0.158. The molecule has 0 bridgehead atoms. The van der Waals surface area contributed by atoms with Crippen molar-refractivity contribution in [3.05, 3.63) is 74.5 Å². The molecule has 0 saturated heterocycles. The van der Waals surface area contributed by atoms with E-state index in [0.717, 1.165) is 10.5 Å². The molecule has 0 saturated carbocycles. The molecule has 2 aromatic carbocycles. The predicted octanol–water partition coefficient (Wildman–Crippen LogP) is 6.17. The number of thioether (sulfide) groups is 1. The fourth-order valence-corrected chi connectivity index (χ4v) is 3.87. The van der Waals surface area contributed by atoms with Crippen LogP contribution in [0.5, 0.6) is 0 Å². The van der Waals surface area contributed by atoms with Crippen molar-refractivity contribution < 1.29 is 4.79 Å². The first-order valence-corrected chi connectivity index (χ1v) is 10.4. The van der Waals surface area contributed by atoms with E-state index < -0.39 is 0 Å². The van der Waals surface area contributed by atoms with Gasteiger partial charge < -0.3 is 5.32 Å². The summed E-state index contributed by atoms with van der Waals surface area (Å²) in [5.41, 5.74) is 2.40. The highest BCUT2D eigenvalue weighted by molar-refractivity contribution is 7.98. The zero-order chi connectivity index (χ0) is 19.6. The normalized spacial score (nSPS) is 10.9.